The quantitative estimate of drug-likeness (QED) is 0.883. The molecule has 98 valence electrons. The van der Waals surface area contributed by atoms with Gasteiger partial charge in [-0.1, -0.05) is 37.1 Å². The van der Waals surface area contributed by atoms with Crippen LogP contribution in [-0.2, 0) is 11.2 Å². The molecule has 1 aromatic rings. The highest BCUT2D eigenvalue weighted by Gasteiger charge is 2.34. The fourth-order valence-electron chi connectivity index (χ4n) is 3.67. The van der Waals surface area contributed by atoms with Crippen LogP contribution in [0.5, 0.6) is 0 Å². The maximum atomic E-state index is 6.11. The summed E-state index contributed by atoms with van der Waals surface area (Å²) in [5, 5.41) is 3.53. The average molecular weight is 245 g/mol. The molecule has 2 heteroatoms. The van der Waals surface area contributed by atoms with Crippen molar-refractivity contribution in [2.24, 2.45) is 5.92 Å². The molecule has 1 aliphatic carbocycles. The minimum absolute atomic E-state index is 0.253. The van der Waals surface area contributed by atoms with E-state index in [1.165, 1.54) is 36.8 Å². The van der Waals surface area contributed by atoms with Crippen molar-refractivity contribution in [3.8, 4) is 0 Å². The van der Waals surface area contributed by atoms with Gasteiger partial charge in [0.2, 0.25) is 0 Å². The van der Waals surface area contributed by atoms with Crippen molar-refractivity contribution in [3.63, 3.8) is 0 Å². The number of benzene rings is 1. The fourth-order valence-corrected chi connectivity index (χ4v) is 3.67. The van der Waals surface area contributed by atoms with Gasteiger partial charge in [-0.15, -0.1) is 0 Å². The zero-order valence-electron chi connectivity index (χ0n) is 11.2. The molecule has 0 aromatic heterocycles. The summed E-state index contributed by atoms with van der Waals surface area (Å²) >= 11 is 0. The van der Waals surface area contributed by atoms with E-state index in [1.54, 1.807) is 0 Å². The maximum Gasteiger partial charge on any atom is 0.0983 e. The van der Waals surface area contributed by atoms with Crippen molar-refractivity contribution < 1.29 is 4.74 Å². The predicted octanol–water partition coefficient (Wildman–Crippen LogP) is 3.08. The summed E-state index contributed by atoms with van der Waals surface area (Å²) < 4.78 is 6.11. The highest BCUT2D eigenvalue weighted by atomic mass is 16.5. The summed E-state index contributed by atoms with van der Waals surface area (Å²) in [5.41, 5.74) is 2.89. The van der Waals surface area contributed by atoms with Crippen LogP contribution in [0.1, 0.15) is 42.9 Å². The van der Waals surface area contributed by atoms with Gasteiger partial charge in [-0.2, -0.15) is 0 Å². The van der Waals surface area contributed by atoms with Crippen LogP contribution in [0.25, 0.3) is 0 Å². The highest BCUT2D eigenvalue weighted by molar-refractivity contribution is 5.32. The van der Waals surface area contributed by atoms with E-state index in [-0.39, 0.29) is 6.10 Å². The summed E-state index contributed by atoms with van der Waals surface area (Å²) in [6.07, 6.45) is 6.80. The van der Waals surface area contributed by atoms with Crippen LogP contribution >= 0.6 is 0 Å². The van der Waals surface area contributed by atoms with Crippen LogP contribution in [0.4, 0.5) is 0 Å². The Hall–Kier alpha value is -0.860. The van der Waals surface area contributed by atoms with E-state index in [4.69, 9.17) is 4.74 Å². The minimum Gasteiger partial charge on any atom is -0.372 e. The number of ether oxygens (including phenoxy) is 1. The van der Waals surface area contributed by atoms with Crippen molar-refractivity contribution in [1.82, 2.24) is 5.32 Å². The van der Waals surface area contributed by atoms with Gasteiger partial charge in [0.05, 0.1) is 12.7 Å². The third-order valence-electron chi connectivity index (χ3n) is 4.60. The first-order valence-electron chi connectivity index (χ1n) is 7.27. The van der Waals surface area contributed by atoms with Gasteiger partial charge in [0.1, 0.15) is 0 Å². The van der Waals surface area contributed by atoms with Crippen LogP contribution in [0, 0.1) is 5.92 Å². The molecular weight excluding hydrogens is 222 g/mol. The van der Waals surface area contributed by atoms with E-state index < -0.39 is 0 Å². The number of rotatable bonds is 3. The Morgan fingerprint density at radius 1 is 1.22 bits per heavy atom. The zero-order valence-corrected chi connectivity index (χ0v) is 11.2. The Kier molecular flexibility index (Phi) is 3.67. The van der Waals surface area contributed by atoms with Gasteiger partial charge in [-0.3, -0.25) is 0 Å². The average Bonchev–Trinajstić information content (AvgIpc) is 2.94. The molecule has 2 unspecified atom stereocenters. The second-order valence-corrected chi connectivity index (χ2v) is 5.60. The summed E-state index contributed by atoms with van der Waals surface area (Å²) in [7, 11) is 2.09. The molecule has 0 amide bonds. The molecular formula is C16H23NO. The van der Waals surface area contributed by atoms with Crippen LogP contribution < -0.4 is 5.32 Å². The zero-order chi connectivity index (χ0) is 12.4. The maximum absolute atomic E-state index is 6.11. The molecule has 1 aliphatic heterocycles. The van der Waals surface area contributed by atoms with Gasteiger partial charge < -0.3 is 10.1 Å². The Morgan fingerprint density at radius 3 is 2.78 bits per heavy atom. The summed E-state index contributed by atoms with van der Waals surface area (Å²) in [4.78, 5) is 0. The lowest BCUT2D eigenvalue weighted by molar-refractivity contribution is 0.00236. The van der Waals surface area contributed by atoms with E-state index in [2.05, 4.69) is 36.6 Å². The van der Waals surface area contributed by atoms with Gasteiger partial charge in [0, 0.05) is 6.04 Å². The van der Waals surface area contributed by atoms with Crippen molar-refractivity contribution in [1.29, 1.82) is 0 Å². The molecule has 1 fully saturated rings. The number of nitrogens with one attached hydrogen (secondary N) is 1. The molecule has 0 radical (unpaired) electrons. The third kappa shape index (κ3) is 2.19. The number of hydrogen-bond acceptors (Lipinski definition) is 2. The molecule has 1 aromatic carbocycles. The first kappa shape index (κ1) is 12.2. The van der Waals surface area contributed by atoms with Crippen LogP contribution in [0.15, 0.2) is 24.3 Å². The summed E-state index contributed by atoms with van der Waals surface area (Å²) in [6, 6.07) is 9.27. The molecule has 1 N–H and O–H groups in total. The standard InChI is InChI=1S/C16H23NO/c1-17-15(13-7-2-3-8-13)16-14-9-5-4-6-12(14)10-11-18-16/h4-6,9,13,15-17H,2-3,7-8,10-11H2,1H3. The van der Waals surface area contributed by atoms with Crippen molar-refractivity contribution >= 4 is 0 Å². The van der Waals surface area contributed by atoms with E-state index in [0.717, 1.165) is 18.9 Å². The van der Waals surface area contributed by atoms with Gasteiger partial charge in [0.25, 0.3) is 0 Å². The Labute approximate surface area is 110 Å². The van der Waals surface area contributed by atoms with Crippen LogP contribution in [0.3, 0.4) is 0 Å². The first-order valence-corrected chi connectivity index (χ1v) is 7.27. The van der Waals surface area contributed by atoms with Crippen molar-refractivity contribution in [2.75, 3.05) is 13.7 Å². The topological polar surface area (TPSA) is 21.3 Å². The van der Waals surface area contributed by atoms with E-state index in [0.29, 0.717) is 6.04 Å². The normalized spacial score (nSPS) is 25.9. The van der Waals surface area contributed by atoms with Gasteiger partial charge in [-0.25, -0.2) is 0 Å². The van der Waals surface area contributed by atoms with Gasteiger partial charge >= 0.3 is 0 Å². The lowest BCUT2D eigenvalue weighted by Crippen LogP contribution is -2.41. The number of fused-ring (bicyclic) bond motifs is 1. The Morgan fingerprint density at radius 2 is 2.00 bits per heavy atom. The summed E-state index contributed by atoms with van der Waals surface area (Å²) in [6.45, 7) is 0.868. The molecule has 2 atom stereocenters. The number of likely N-dealkylation sites (N-methyl/N-ethyl adjacent to an activating group) is 1. The molecule has 3 rings (SSSR count). The van der Waals surface area contributed by atoms with Crippen molar-refractivity contribution in [2.45, 2.75) is 44.2 Å². The smallest absolute Gasteiger partial charge is 0.0983 e. The molecule has 1 saturated carbocycles. The van der Waals surface area contributed by atoms with Crippen LogP contribution in [0.2, 0.25) is 0 Å². The molecule has 1 heterocycles. The molecule has 0 spiro atoms. The highest BCUT2D eigenvalue weighted by Crippen LogP contribution is 2.37. The lowest BCUT2D eigenvalue weighted by atomic mass is 9.86. The largest absolute Gasteiger partial charge is 0.372 e. The molecule has 2 aliphatic rings. The Balaban J connectivity index is 1.87. The predicted molar refractivity (Wildman–Crippen MR) is 73.6 cm³/mol. The van der Waals surface area contributed by atoms with Gasteiger partial charge in [-0.05, 0) is 43.4 Å². The SMILES string of the molecule is CNC(C1CCCC1)C1OCCc2ccccc21. The molecule has 0 saturated heterocycles. The first-order chi connectivity index (χ1) is 8.90. The monoisotopic (exact) mass is 245 g/mol. The number of hydrogen-bond donors (Lipinski definition) is 1. The second-order valence-electron chi connectivity index (χ2n) is 5.60. The second kappa shape index (κ2) is 5.41. The van der Waals surface area contributed by atoms with E-state index >= 15 is 0 Å². The van der Waals surface area contributed by atoms with Gasteiger partial charge in [0.15, 0.2) is 0 Å². The van der Waals surface area contributed by atoms with Crippen LogP contribution in [-0.4, -0.2) is 19.7 Å². The summed E-state index contributed by atoms with van der Waals surface area (Å²) in [5.74, 6) is 0.783. The fraction of sp³-hybridized carbons (Fsp3) is 0.625. The molecule has 2 nitrogen and oxygen atoms in total. The Bertz CT molecular complexity index is 398. The van der Waals surface area contributed by atoms with Crippen molar-refractivity contribution in [3.05, 3.63) is 35.4 Å². The van der Waals surface area contributed by atoms with E-state index in [1.807, 2.05) is 0 Å². The lowest BCUT2D eigenvalue weighted by Gasteiger charge is -2.35. The minimum atomic E-state index is 0.253. The van der Waals surface area contributed by atoms with E-state index in [9.17, 15) is 0 Å². The molecule has 18 heavy (non-hydrogen) atoms. The third-order valence-corrected chi connectivity index (χ3v) is 4.60. The molecule has 0 bridgehead atoms.